The van der Waals surface area contributed by atoms with Gasteiger partial charge in [0, 0.05) is 5.02 Å². The lowest BCUT2D eigenvalue weighted by Crippen LogP contribution is -2.40. The van der Waals surface area contributed by atoms with Crippen LogP contribution < -0.4 is 4.74 Å². The Labute approximate surface area is 178 Å². The molecule has 2 bridgehead atoms. The second kappa shape index (κ2) is 6.32. The van der Waals surface area contributed by atoms with E-state index in [-0.39, 0.29) is 35.5 Å². The van der Waals surface area contributed by atoms with Gasteiger partial charge in [0.05, 0.1) is 30.7 Å². The Balaban J connectivity index is 1.26. The minimum Gasteiger partial charge on any atom is -0.496 e. The van der Waals surface area contributed by atoms with Gasteiger partial charge in [0.1, 0.15) is 17.3 Å². The summed E-state index contributed by atoms with van der Waals surface area (Å²) in [5.74, 6) is 2.27. The first kappa shape index (κ1) is 18.0. The van der Waals surface area contributed by atoms with Crippen molar-refractivity contribution in [1.29, 1.82) is 0 Å². The van der Waals surface area contributed by atoms with E-state index in [0.717, 1.165) is 11.4 Å². The molecule has 7 rings (SSSR count). The van der Waals surface area contributed by atoms with E-state index in [1.54, 1.807) is 37.4 Å². The van der Waals surface area contributed by atoms with Gasteiger partial charge in [-0.15, -0.1) is 0 Å². The lowest BCUT2D eigenvalue weighted by molar-refractivity contribution is -0.140. The number of carbonyl (C=O) groups excluding carboxylic acids is 2. The number of furan rings is 1. The zero-order valence-corrected chi connectivity index (χ0v) is 17.0. The van der Waals surface area contributed by atoms with Crippen molar-refractivity contribution < 1.29 is 18.7 Å². The Morgan fingerprint density at radius 2 is 1.80 bits per heavy atom. The highest BCUT2D eigenvalue weighted by Crippen LogP contribution is 2.65. The third-order valence-corrected chi connectivity index (χ3v) is 7.23. The number of benzene rings is 1. The number of carbonyl (C=O) groups is 2. The molecular formula is C23H19ClN2O4. The van der Waals surface area contributed by atoms with Crippen molar-refractivity contribution in [2.45, 2.75) is 6.42 Å². The highest BCUT2D eigenvalue weighted by molar-refractivity contribution is 6.31. The van der Waals surface area contributed by atoms with E-state index < -0.39 is 0 Å². The van der Waals surface area contributed by atoms with Crippen LogP contribution in [0.5, 0.6) is 5.75 Å². The maximum absolute atomic E-state index is 13.0. The molecule has 0 spiro atoms. The smallest absolute Gasteiger partial charge is 0.254 e. The number of methoxy groups -OCH3 is 1. The molecule has 2 saturated carbocycles. The predicted molar refractivity (Wildman–Crippen MR) is 110 cm³/mol. The molecule has 30 heavy (non-hydrogen) atoms. The molecule has 1 aromatic heterocycles. The van der Waals surface area contributed by atoms with Crippen LogP contribution in [-0.2, 0) is 9.59 Å². The summed E-state index contributed by atoms with van der Waals surface area (Å²) in [6.45, 7) is 0. The standard InChI is InChI=1S/C23H19ClN2O4/c1-29-18-6-2-11(24)8-17(18)19-7-3-12(30-19)10-25-26-22(27)20-13-4-5-14(16-9-15(13)16)21(20)23(26)28/h2-8,10,13-16,20-21H,9H2,1H3/b25-10-/t13-,14-,15-,16+,20+,21+/m1/s1. The number of rotatable bonds is 4. The summed E-state index contributed by atoms with van der Waals surface area (Å²) >= 11 is 6.10. The molecule has 0 N–H and O–H groups in total. The van der Waals surface area contributed by atoms with Gasteiger partial charge >= 0.3 is 0 Å². The molecule has 5 aliphatic rings. The highest BCUT2D eigenvalue weighted by Gasteiger charge is 2.67. The van der Waals surface area contributed by atoms with Crippen molar-refractivity contribution >= 4 is 29.6 Å². The lowest BCUT2D eigenvalue weighted by Gasteiger charge is -2.37. The maximum atomic E-state index is 13.0. The van der Waals surface area contributed by atoms with E-state index in [2.05, 4.69) is 17.3 Å². The molecule has 2 heterocycles. The van der Waals surface area contributed by atoms with Gasteiger partial charge in [-0.2, -0.15) is 10.1 Å². The number of hydrogen-bond donors (Lipinski definition) is 0. The molecule has 7 heteroatoms. The third-order valence-electron chi connectivity index (χ3n) is 6.99. The van der Waals surface area contributed by atoms with Gasteiger partial charge in [-0.3, -0.25) is 9.59 Å². The van der Waals surface area contributed by atoms with Crippen LogP contribution in [0.4, 0.5) is 0 Å². The van der Waals surface area contributed by atoms with Crippen LogP contribution in [0.2, 0.25) is 5.02 Å². The molecule has 0 unspecified atom stereocenters. The topological polar surface area (TPSA) is 72.1 Å². The molecule has 0 radical (unpaired) electrons. The largest absolute Gasteiger partial charge is 0.496 e. The molecule has 1 aliphatic heterocycles. The molecule has 1 saturated heterocycles. The highest BCUT2D eigenvalue weighted by atomic mass is 35.5. The number of ether oxygens (including phenoxy) is 1. The molecule has 4 aliphatic carbocycles. The van der Waals surface area contributed by atoms with Gasteiger partial charge in [0.2, 0.25) is 0 Å². The van der Waals surface area contributed by atoms with Crippen molar-refractivity contribution in [3.63, 3.8) is 0 Å². The van der Waals surface area contributed by atoms with Crippen molar-refractivity contribution in [1.82, 2.24) is 5.01 Å². The number of hydrazone groups is 1. The molecule has 2 aromatic rings. The number of imide groups is 1. The average Bonchev–Trinajstić information content (AvgIpc) is 3.39. The quantitative estimate of drug-likeness (QED) is 0.424. The summed E-state index contributed by atoms with van der Waals surface area (Å²) in [7, 11) is 1.58. The maximum Gasteiger partial charge on any atom is 0.254 e. The number of halogens is 1. The first-order chi connectivity index (χ1) is 14.6. The molecule has 2 amide bonds. The average molecular weight is 423 g/mol. The Hall–Kier alpha value is -2.86. The van der Waals surface area contributed by atoms with Gasteiger partial charge in [-0.05, 0) is 60.4 Å². The fourth-order valence-corrected chi connectivity index (χ4v) is 5.78. The predicted octanol–water partition coefficient (Wildman–Crippen LogP) is 4.00. The molecule has 152 valence electrons. The monoisotopic (exact) mass is 422 g/mol. The van der Waals surface area contributed by atoms with Crippen LogP contribution in [0.15, 0.2) is 52.0 Å². The Kier molecular flexibility index (Phi) is 3.78. The van der Waals surface area contributed by atoms with Gasteiger partial charge < -0.3 is 9.15 Å². The van der Waals surface area contributed by atoms with E-state index in [0.29, 0.717) is 39.7 Å². The fraction of sp³-hybridized carbons (Fsp3) is 0.348. The Morgan fingerprint density at radius 3 is 2.47 bits per heavy atom. The number of allylic oxidation sites excluding steroid dienone is 2. The minimum absolute atomic E-state index is 0.186. The summed E-state index contributed by atoms with van der Waals surface area (Å²) in [4.78, 5) is 25.9. The summed E-state index contributed by atoms with van der Waals surface area (Å²) in [6, 6.07) is 8.78. The SMILES string of the molecule is COc1ccc(Cl)cc1-c1ccc(/C=N\N2C(=O)[C@H]3[C@@H]4C=C[C@H]([C@@H]5C[C@H]45)[C@@H]3C2=O)o1. The Bertz CT molecular complexity index is 1100. The summed E-state index contributed by atoms with van der Waals surface area (Å²) in [5.41, 5.74) is 0.714. The normalized spacial score (nSPS) is 33.3. The van der Waals surface area contributed by atoms with Crippen molar-refractivity contribution in [3.8, 4) is 17.1 Å². The first-order valence-corrected chi connectivity index (χ1v) is 10.5. The number of nitrogens with zero attached hydrogens (tertiary/aromatic N) is 2. The van der Waals surface area contributed by atoms with Crippen LogP contribution in [-0.4, -0.2) is 30.1 Å². The van der Waals surface area contributed by atoms with Crippen molar-refractivity contribution in [2.24, 2.45) is 40.6 Å². The molecular weight excluding hydrogens is 404 g/mol. The summed E-state index contributed by atoms with van der Waals surface area (Å²) in [6.07, 6.45) is 6.86. The van der Waals surface area contributed by atoms with E-state index in [1.807, 2.05) is 0 Å². The van der Waals surface area contributed by atoms with E-state index in [1.165, 1.54) is 6.21 Å². The Morgan fingerprint density at radius 1 is 1.10 bits per heavy atom. The van der Waals surface area contributed by atoms with E-state index >= 15 is 0 Å². The fourth-order valence-electron chi connectivity index (χ4n) is 5.61. The van der Waals surface area contributed by atoms with Crippen LogP contribution in [0, 0.1) is 35.5 Å². The molecule has 6 atom stereocenters. The van der Waals surface area contributed by atoms with Crippen LogP contribution >= 0.6 is 11.6 Å². The molecule has 3 fully saturated rings. The van der Waals surface area contributed by atoms with Crippen molar-refractivity contribution in [3.05, 3.63) is 53.3 Å². The van der Waals surface area contributed by atoms with Gasteiger partial charge in [0.25, 0.3) is 11.8 Å². The number of amides is 2. The summed E-state index contributed by atoms with van der Waals surface area (Å²) in [5, 5.41) is 5.83. The molecule has 1 aromatic carbocycles. The second-order valence-electron chi connectivity index (χ2n) is 8.43. The number of hydrogen-bond acceptors (Lipinski definition) is 5. The first-order valence-electron chi connectivity index (χ1n) is 10.1. The van der Waals surface area contributed by atoms with E-state index in [9.17, 15) is 9.59 Å². The zero-order chi connectivity index (χ0) is 20.6. The minimum atomic E-state index is -0.253. The van der Waals surface area contributed by atoms with Gasteiger partial charge in [0.15, 0.2) is 0 Å². The lowest BCUT2D eigenvalue weighted by atomic mass is 9.63. The zero-order valence-electron chi connectivity index (χ0n) is 16.2. The summed E-state index contributed by atoms with van der Waals surface area (Å²) < 4.78 is 11.2. The van der Waals surface area contributed by atoms with Crippen LogP contribution in [0.25, 0.3) is 11.3 Å². The van der Waals surface area contributed by atoms with Crippen LogP contribution in [0.3, 0.4) is 0 Å². The van der Waals surface area contributed by atoms with E-state index in [4.69, 9.17) is 20.8 Å². The van der Waals surface area contributed by atoms with Gasteiger partial charge in [-0.25, -0.2) is 0 Å². The third kappa shape index (κ3) is 2.46. The van der Waals surface area contributed by atoms with Crippen molar-refractivity contribution in [2.75, 3.05) is 7.11 Å². The van der Waals surface area contributed by atoms with Crippen LogP contribution in [0.1, 0.15) is 12.2 Å². The van der Waals surface area contributed by atoms with Gasteiger partial charge in [-0.1, -0.05) is 23.8 Å². The second-order valence-corrected chi connectivity index (χ2v) is 8.87. The molecule has 6 nitrogen and oxygen atoms in total.